The van der Waals surface area contributed by atoms with Gasteiger partial charge >= 0.3 is 0 Å². The number of fused-ring (bicyclic) bond motifs is 1. The van der Waals surface area contributed by atoms with E-state index < -0.39 is 0 Å². The Balaban J connectivity index is 1.94. The Labute approximate surface area is 93.9 Å². The van der Waals surface area contributed by atoms with Crippen molar-refractivity contribution in [2.45, 2.75) is 13.0 Å². The molecule has 2 heterocycles. The van der Waals surface area contributed by atoms with Crippen LogP contribution in [0.15, 0.2) is 24.5 Å². The molecular weight excluding hydrogens is 202 g/mol. The van der Waals surface area contributed by atoms with Crippen molar-refractivity contribution in [2.75, 3.05) is 13.1 Å². The van der Waals surface area contributed by atoms with E-state index in [0.717, 1.165) is 25.2 Å². The molecule has 84 valence electrons. The summed E-state index contributed by atoms with van der Waals surface area (Å²) in [5.41, 5.74) is 1.72. The maximum Gasteiger partial charge on any atom is 0.143 e. The second-order valence-corrected chi connectivity index (χ2v) is 4.40. The van der Waals surface area contributed by atoms with Gasteiger partial charge in [-0.2, -0.15) is 0 Å². The number of hydrogen-bond donors (Lipinski definition) is 2. The van der Waals surface area contributed by atoms with Crippen LogP contribution >= 0.6 is 0 Å². The molecule has 3 rings (SSSR count). The average Bonchev–Trinajstić information content (AvgIpc) is 2.90. The number of para-hydroxylation sites is 1. The van der Waals surface area contributed by atoms with E-state index in [9.17, 15) is 5.11 Å². The molecule has 0 bridgehead atoms. The molecule has 4 heteroatoms. The Kier molecular flexibility index (Phi) is 2.29. The van der Waals surface area contributed by atoms with Gasteiger partial charge in [-0.25, -0.2) is 4.98 Å². The molecule has 0 radical (unpaired) electrons. The van der Waals surface area contributed by atoms with Crippen molar-refractivity contribution in [3.63, 3.8) is 0 Å². The molecule has 1 aliphatic rings. The third-order valence-electron chi connectivity index (χ3n) is 3.25. The Morgan fingerprint density at radius 1 is 1.50 bits per heavy atom. The van der Waals surface area contributed by atoms with Crippen molar-refractivity contribution >= 4 is 11.0 Å². The van der Waals surface area contributed by atoms with Gasteiger partial charge in [0.25, 0.3) is 0 Å². The molecule has 0 aliphatic carbocycles. The van der Waals surface area contributed by atoms with Crippen LogP contribution < -0.4 is 5.32 Å². The van der Waals surface area contributed by atoms with Gasteiger partial charge in [0, 0.05) is 6.54 Å². The summed E-state index contributed by atoms with van der Waals surface area (Å²) < 4.78 is 2.13. The Bertz CT molecular complexity index is 500. The fraction of sp³-hybridized carbons (Fsp3) is 0.417. The molecule has 1 saturated heterocycles. The molecule has 2 N–H and O–H groups in total. The van der Waals surface area contributed by atoms with Gasteiger partial charge in [-0.3, -0.25) is 0 Å². The monoisotopic (exact) mass is 217 g/mol. The smallest absolute Gasteiger partial charge is 0.143 e. The van der Waals surface area contributed by atoms with E-state index in [1.165, 1.54) is 6.42 Å². The first-order chi connectivity index (χ1) is 7.84. The molecule has 1 atom stereocenters. The number of hydrogen-bond acceptors (Lipinski definition) is 3. The summed E-state index contributed by atoms with van der Waals surface area (Å²) in [6.45, 7) is 3.17. The molecule has 1 fully saturated rings. The minimum absolute atomic E-state index is 0.265. The van der Waals surface area contributed by atoms with Crippen molar-refractivity contribution in [1.82, 2.24) is 14.9 Å². The van der Waals surface area contributed by atoms with Crippen LogP contribution in [0.5, 0.6) is 5.75 Å². The molecule has 16 heavy (non-hydrogen) atoms. The van der Waals surface area contributed by atoms with Crippen molar-refractivity contribution in [2.24, 2.45) is 5.92 Å². The van der Waals surface area contributed by atoms with Crippen LogP contribution in [0.2, 0.25) is 0 Å². The zero-order chi connectivity index (χ0) is 11.0. The minimum atomic E-state index is 0.265. The average molecular weight is 217 g/mol. The highest BCUT2D eigenvalue weighted by Gasteiger charge is 2.16. The summed E-state index contributed by atoms with van der Waals surface area (Å²) in [5.74, 6) is 0.945. The van der Waals surface area contributed by atoms with Gasteiger partial charge in [-0.05, 0) is 37.6 Å². The normalized spacial score (nSPS) is 20.6. The third-order valence-corrected chi connectivity index (χ3v) is 3.25. The standard InChI is InChI=1S/C12H15N3O/c16-11-3-1-2-10-12(11)14-8-15(10)7-9-4-5-13-6-9/h1-3,8-9,13,16H,4-7H2. The van der Waals surface area contributed by atoms with Gasteiger partial charge in [0.15, 0.2) is 0 Å². The maximum atomic E-state index is 9.66. The van der Waals surface area contributed by atoms with E-state index in [4.69, 9.17) is 0 Å². The minimum Gasteiger partial charge on any atom is -0.506 e. The van der Waals surface area contributed by atoms with Crippen molar-refractivity contribution < 1.29 is 5.11 Å². The number of aromatic nitrogens is 2. The van der Waals surface area contributed by atoms with Gasteiger partial charge in [0.2, 0.25) is 0 Å². The molecule has 0 saturated carbocycles. The summed E-state index contributed by atoms with van der Waals surface area (Å²) >= 11 is 0. The number of nitrogens with one attached hydrogen (secondary N) is 1. The molecule has 4 nitrogen and oxygen atoms in total. The molecule has 0 amide bonds. The van der Waals surface area contributed by atoms with Crippen molar-refractivity contribution in [3.05, 3.63) is 24.5 Å². The molecular formula is C12H15N3O. The molecule has 2 aromatic rings. The number of phenols is 1. The largest absolute Gasteiger partial charge is 0.506 e. The summed E-state index contributed by atoms with van der Waals surface area (Å²) in [6.07, 6.45) is 3.04. The first kappa shape index (κ1) is 9.66. The fourth-order valence-electron chi connectivity index (χ4n) is 2.37. The topological polar surface area (TPSA) is 50.1 Å². The van der Waals surface area contributed by atoms with E-state index in [1.54, 1.807) is 6.07 Å². The first-order valence-corrected chi connectivity index (χ1v) is 5.68. The first-order valence-electron chi connectivity index (χ1n) is 5.68. The lowest BCUT2D eigenvalue weighted by molar-refractivity contribution is 0.480. The van der Waals surface area contributed by atoms with Crippen LogP contribution in [0.4, 0.5) is 0 Å². The van der Waals surface area contributed by atoms with Gasteiger partial charge in [0.1, 0.15) is 11.3 Å². The summed E-state index contributed by atoms with van der Waals surface area (Å²) in [5, 5.41) is 13.0. The van der Waals surface area contributed by atoms with E-state index in [-0.39, 0.29) is 5.75 Å². The SMILES string of the molecule is Oc1cccc2c1ncn2CC1CCNC1. The van der Waals surface area contributed by atoms with Gasteiger partial charge in [-0.15, -0.1) is 0 Å². The van der Waals surface area contributed by atoms with Gasteiger partial charge in [0.05, 0.1) is 11.8 Å². The number of aromatic hydroxyl groups is 1. The highest BCUT2D eigenvalue weighted by Crippen LogP contribution is 2.23. The lowest BCUT2D eigenvalue weighted by Crippen LogP contribution is -2.13. The number of nitrogens with zero attached hydrogens (tertiary/aromatic N) is 2. The predicted molar refractivity (Wildman–Crippen MR) is 62.4 cm³/mol. The zero-order valence-electron chi connectivity index (χ0n) is 9.06. The molecule has 1 aromatic heterocycles. The Morgan fingerprint density at radius 3 is 3.25 bits per heavy atom. The summed E-state index contributed by atoms with van der Waals surface area (Å²) in [6, 6.07) is 5.55. The number of rotatable bonds is 2. The summed E-state index contributed by atoms with van der Waals surface area (Å²) in [4.78, 5) is 4.25. The lowest BCUT2D eigenvalue weighted by Gasteiger charge is -2.09. The number of imidazole rings is 1. The fourth-order valence-corrected chi connectivity index (χ4v) is 2.37. The van der Waals surface area contributed by atoms with Crippen LogP contribution in [0.3, 0.4) is 0 Å². The van der Waals surface area contributed by atoms with Gasteiger partial charge in [-0.1, -0.05) is 6.07 Å². The Morgan fingerprint density at radius 2 is 2.44 bits per heavy atom. The number of benzene rings is 1. The molecule has 1 aromatic carbocycles. The zero-order valence-corrected chi connectivity index (χ0v) is 9.06. The van der Waals surface area contributed by atoms with E-state index in [1.807, 2.05) is 18.5 Å². The van der Waals surface area contributed by atoms with E-state index >= 15 is 0 Å². The second-order valence-electron chi connectivity index (χ2n) is 4.40. The van der Waals surface area contributed by atoms with Crippen LogP contribution in [0.25, 0.3) is 11.0 Å². The highest BCUT2D eigenvalue weighted by molar-refractivity contribution is 5.81. The van der Waals surface area contributed by atoms with Crippen molar-refractivity contribution in [3.8, 4) is 5.75 Å². The van der Waals surface area contributed by atoms with Crippen molar-refractivity contribution in [1.29, 1.82) is 0 Å². The lowest BCUT2D eigenvalue weighted by atomic mass is 10.1. The summed E-state index contributed by atoms with van der Waals surface area (Å²) in [7, 11) is 0. The molecule has 1 aliphatic heterocycles. The third kappa shape index (κ3) is 1.55. The maximum absolute atomic E-state index is 9.66. The number of phenolic OH excluding ortho intramolecular Hbond substituents is 1. The van der Waals surface area contributed by atoms with Gasteiger partial charge < -0.3 is 15.0 Å². The predicted octanol–water partition coefficient (Wildman–Crippen LogP) is 1.35. The van der Waals surface area contributed by atoms with E-state index in [0.29, 0.717) is 11.4 Å². The van der Waals surface area contributed by atoms with Crippen LogP contribution in [-0.4, -0.2) is 27.7 Å². The second kappa shape index (κ2) is 3.79. The van der Waals surface area contributed by atoms with Crippen LogP contribution in [-0.2, 0) is 6.54 Å². The highest BCUT2D eigenvalue weighted by atomic mass is 16.3. The quantitative estimate of drug-likeness (QED) is 0.798. The Hall–Kier alpha value is -1.55. The molecule has 1 unspecified atom stereocenters. The van der Waals surface area contributed by atoms with E-state index in [2.05, 4.69) is 14.9 Å². The van der Waals surface area contributed by atoms with Crippen LogP contribution in [0.1, 0.15) is 6.42 Å². The molecule has 0 spiro atoms. The van der Waals surface area contributed by atoms with Crippen LogP contribution in [0, 0.1) is 5.92 Å².